The predicted octanol–water partition coefficient (Wildman–Crippen LogP) is 5.61. The van der Waals surface area contributed by atoms with Crippen LogP contribution >= 0.6 is 0 Å². The van der Waals surface area contributed by atoms with E-state index in [9.17, 15) is 19.2 Å². The number of ether oxygens (including phenoxy) is 3. The van der Waals surface area contributed by atoms with E-state index in [1.165, 1.54) is 6.08 Å². The average molecular weight is 536 g/mol. The first-order valence-electron chi connectivity index (χ1n) is 13.4. The molecule has 0 spiro atoms. The standard InChI is InChI=1S/C31H37NO7/c1-9-11-23(33)37-22-15-14-20-12-10-13-21(24(20)25(22)26(34)32(18(2)3)19(4)5)38-28(36)31-17-16-30(8,27(35)39-31)29(31,6)7/h9-15,18-19H,16-17H2,1-8H3/b11-9+/t30-,31+/m0/s1. The summed E-state index contributed by atoms with van der Waals surface area (Å²) in [4.78, 5) is 54.8. The van der Waals surface area contributed by atoms with E-state index in [1.807, 2.05) is 48.5 Å². The molecule has 2 bridgehead atoms. The molecule has 1 saturated heterocycles. The summed E-state index contributed by atoms with van der Waals surface area (Å²) in [5, 5.41) is 0.964. The lowest BCUT2D eigenvalue weighted by atomic mass is 9.66. The van der Waals surface area contributed by atoms with Crippen molar-refractivity contribution in [1.29, 1.82) is 0 Å². The molecule has 2 aromatic rings. The topological polar surface area (TPSA) is 99.2 Å². The molecule has 4 rings (SSSR count). The summed E-state index contributed by atoms with van der Waals surface area (Å²) < 4.78 is 17.4. The van der Waals surface area contributed by atoms with Crippen LogP contribution in [-0.2, 0) is 19.1 Å². The van der Waals surface area contributed by atoms with Gasteiger partial charge < -0.3 is 19.1 Å². The van der Waals surface area contributed by atoms with Crippen LogP contribution in [0.25, 0.3) is 10.8 Å². The fraction of sp³-hybridized carbons (Fsp3) is 0.484. The molecule has 0 radical (unpaired) electrons. The molecule has 1 aliphatic heterocycles. The van der Waals surface area contributed by atoms with Crippen LogP contribution in [0.5, 0.6) is 11.5 Å². The maximum absolute atomic E-state index is 14.1. The second-order valence-electron chi connectivity index (χ2n) is 11.7. The molecule has 1 heterocycles. The van der Waals surface area contributed by atoms with E-state index in [-0.39, 0.29) is 35.1 Å². The molecule has 0 unspecified atom stereocenters. The van der Waals surface area contributed by atoms with E-state index >= 15 is 0 Å². The molecular weight excluding hydrogens is 498 g/mol. The number of carbonyl (C=O) groups is 4. The SMILES string of the molecule is C/C=C/C(=O)Oc1ccc2cccc(OC(=O)[C@@]34CC[C@@](C)(C(=O)O3)C4(C)C)c2c1C(=O)N(C(C)C)C(C)C. The first-order valence-corrected chi connectivity index (χ1v) is 13.4. The van der Waals surface area contributed by atoms with Gasteiger partial charge in [-0.15, -0.1) is 0 Å². The molecule has 0 N–H and O–H groups in total. The smallest absolute Gasteiger partial charge is 0.356 e. The van der Waals surface area contributed by atoms with Crippen LogP contribution in [0.1, 0.15) is 78.6 Å². The molecule has 39 heavy (non-hydrogen) atoms. The molecule has 2 aromatic carbocycles. The average Bonchev–Trinajstić information content (AvgIpc) is 3.14. The fourth-order valence-electron chi connectivity index (χ4n) is 6.07. The summed E-state index contributed by atoms with van der Waals surface area (Å²) in [5.74, 6) is -1.91. The number of hydrogen-bond acceptors (Lipinski definition) is 7. The number of carbonyl (C=O) groups excluding carboxylic acids is 4. The number of esters is 3. The molecule has 2 fully saturated rings. The van der Waals surface area contributed by atoms with E-state index in [1.54, 1.807) is 48.2 Å². The highest BCUT2D eigenvalue weighted by molar-refractivity contribution is 6.13. The van der Waals surface area contributed by atoms with Crippen molar-refractivity contribution in [3.05, 3.63) is 48.0 Å². The molecular formula is C31H37NO7. The van der Waals surface area contributed by atoms with Gasteiger partial charge in [-0.1, -0.05) is 38.1 Å². The lowest BCUT2D eigenvalue weighted by Crippen LogP contribution is -2.50. The normalized spacial score (nSPS) is 23.5. The Balaban J connectivity index is 1.89. The Bertz CT molecular complexity index is 1380. The largest absolute Gasteiger partial charge is 0.446 e. The van der Waals surface area contributed by atoms with Gasteiger partial charge in [0.05, 0.1) is 11.0 Å². The lowest BCUT2D eigenvalue weighted by Gasteiger charge is -2.34. The third-order valence-electron chi connectivity index (χ3n) is 8.66. The number of amides is 1. The number of hydrogen-bond donors (Lipinski definition) is 0. The van der Waals surface area contributed by atoms with Gasteiger partial charge in [-0.2, -0.15) is 0 Å². The van der Waals surface area contributed by atoms with Crippen molar-refractivity contribution in [3.8, 4) is 11.5 Å². The summed E-state index contributed by atoms with van der Waals surface area (Å²) in [5.41, 5.74) is -2.91. The van der Waals surface area contributed by atoms with Gasteiger partial charge in [0.15, 0.2) is 0 Å². The van der Waals surface area contributed by atoms with Crippen LogP contribution in [0.15, 0.2) is 42.5 Å². The van der Waals surface area contributed by atoms with Crippen molar-refractivity contribution < 1.29 is 33.4 Å². The Kier molecular flexibility index (Phi) is 7.13. The monoisotopic (exact) mass is 535 g/mol. The van der Waals surface area contributed by atoms with Crippen molar-refractivity contribution in [1.82, 2.24) is 4.90 Å². The molecule has 2 atom stereocenters. The van der Waals surface area contributed by atoms with Crippen molar-refractivity contribution in [3.63, 3.8) is 0 Å². The summed E-state index contributed by atoms with van der Waals surface area (Å²) in [6.45, 7) is 14.8. The summed E-state index contributed by atoms with van der Waals surface area (Å²) >= 11 is 0. The maximum Gasteiger partial charge on any atom is 0.356 e. The Morgan fingerprint density at radius 2 is 1.62 bits per heavy atom. The number of nitrogens with zero attached hydrogens (tertiary/aromatic N) is 1. The van der Waals surface area contributed by atoms with Crippen molar-refractivity contribution in [2.75, 3.05) is 0 Å². The van der Waals surface area contributed by atoms with Gasteiger partial charge in [0.2, 0.25) is 5.60 Å². The highest BCUT2D eigenvalue weighted by Crippen LogP contribution is 2.65. The second-order valence-corrected chi connectivity index (χ2v) is 11.7. The molecule has 8 heteroatoms. The number of allylic oxidation sites excluding steroid dienone is 1. The van der Waals surface area contributed by atoms with Crippen LogP contribution in [0, 0.1) is 10.8 Å². The van der Waals surface area contributed by atoms with Crippen LogP contribution in [-0.4, -0.2) is 46.4 Å². The van der Waals surface area contributed by atoms with Crippen LogP contribution in [0.4, 0.5) is 0 Å². The van der Waals surface area contributed by atoms with E-state index in [2.05, 4.69) is 0 Å². The van der Waals surface area contributed by atoms with Gasteiger partial charge >= 0.3 is 17.9 Å². The quantitative estimate of drug-likeness (QED) is 0.258. The summed E-state index contributed by atoms with van der Waals surface area (Å²) in [6.07, 6.45) is 3.67. The zero-order valence-electron chi connectivity index (χ0n) is 23.9. The first kappa shape index (κ1) is 28.3. The minimum Gasteiger partial charge on any atom is -0.446 e. The number of rotatable bonds is 7. The minimum atomic E-state index is -1.44. The van der Waals surface area contributed by atoms with Gasteiger partial charge in [0, 0.05) is 29.0 Å². The van der Waals surface area contributed by atoms with Crippen molar-refractivity contribution in [2.45, 2.75) is 85.9 Å². The van der Waals surface area contributed by atoms with E-state index in [4.69, 9.17) is 14.2 Å². The van der Waals surface area contributed by atoms with E-state index < -0.39 is 34.3 Å². The van der Waals surface area contributed by atoms with Crippen molar-refractivity contribution >= 4 is 34.6 Å². The number of benzene rings is 2. The third kappa shape index (κ3) is 4.21. The highest BCUT2D eigenvalue weighted by atomic mass is 16.6. The highest BCUT2D eigenvalue weighted by Gasteiger charge is 2.76. The summed E-state index contributed by atoms with van der Waals surface area (Å²) in [7, 11) is 0. The minimum absolute atomic E-state index is 0.0598. The summed E-state index contributed by atoms with van der Waals surface area (Å²) in [6, 6.07) is 8.07. The molecule has 8 nitrogen and oxygen atoms in total. The zero-order valence-corrected chi connectivity index (χ0v) is 23.9. The van der Waals surface area contributed by atoms with E-state index in [0.717, 1.165) is 0 Å². The number of fused-ring (bicyclic) bond motifs is 3. The Labute approximate surface area is 229 Å². The zero-order chi connectivity index (χ0) is 28.9. The lowest BCUT2D eigenvalue weighted by molar-refractivity contribution is -0.176. The van der Waals surface area contributed by atoms with Crippen molar-refractivity contribution in [2.24, 2.45) is 10.8 Å². The molecule has 208 valence electrons. The Morgan fingerprint density at radius 1 is 0.949 bits per heavy atom. The third-order valence-corrected chi connectivity index (χ3v) is 8.66. The maximum atomic E-state index is 14.1. The molecule has 1 aliphatic carbocycles. The first-order chi connectivity index (χ1) is 18.2. The molecule has 1 saturated carbocycles. The van der Waals surface area contributed by atoms with Crippen LogP contribution < -0.4 is 9.47 Å². The van der Waals surface area contributed by atoms with Crippen LogP contribution in [0.3, 0.4) is 0 Å². The van der Waals surface area contributed by atoms with Gasteiger partial charge in [-0.05, 0) is 71.9 Å². The van der Waals surface area contributed by atoms with Gasteiger partial charge in [-0.25, -0.2) is 9.59 Å². The van der Waals surface area contributed by atoms with Crippen LogP contribution in [0.2, 0.25) is 0 Å². The van der Waals surface area contributed by atoms with Gasteiger partial charge in [0.1, 0.15) is 11.5 Å². The molecule has 0 aromatic heterocycles. The van der Waals surface area contributed by atoms with Gasteiger partial charge in [-0.3, -0.25) is 9.59 Å². The predicted molar refractivity (Wildman–Crippen MR) is 146 cm³/mol. The Morgan fingerprint density at radius 3 is 2.15 bits per heavy atom. The molecule has 2 aliphatic rings. The van der Waals surface area contributed by atoms with E-state index in [0.29, 0.717) is 23.6 Å². The fourth-order valence-corrected chi connectivity index (χ4v) is 6.07. The second kappa shape index (κ2) is 9.81. The molecule has 1 amide bonds. The Hall–Kier alpha value is -3.68. The van der Waals surface area contributed by atoms with Gasteiger partial charge in [0.25, 0.3) is 5.91 Å².